The molecule has 1 heteroatoms. The average Bonchev–Trinajstić information content (AvgIpc) is 2.67. The zero-order chi connectivity index (χ0) is 16.8. The Balaban J connectivity index is 1.75. The Kier molecular flexibility index (Phi) is 5.22. The van der Waals surface area contributed by atoms with Gasteiger partial charge in [-0.2, -0.15) is 0 Å². The number of carbonyl (C=O) groups is 1. The van der Waals surface area contributed by atoms with Gasteiger partial charge < -0.3 is 0 Å². The summed E-state index contributed by atoms with van der Waals surface area (Å²) in [6.45, 7) is 2.19. The van der Waals surface area contributed by atoms with Crippen LogP contribution in [0.25, 0.3) is 11.1 Å². The SMILES string of the molecule is CCCCc1ccc(C(=O)c2ccc(-c3ccccc3)cc2)cc1. The molecule has 0 aliphatic heterocycles. The van der Waals surface area contributed by atoms with Crippen LogP contribution < -0.4 is 0 Å². The van der Waals surface area contributed by atoms with Crippen LogP contribution in [0.15, 0.2) is 78.9 Å². The first-order chi connectivity index (χ1) is 11.8. The Bertz CT molecular complexity index is 784. The zero-order valence-corrected chi connectivity index (χ0v) is 14.0. The van der Waals surface area contributed by atoms with Gasteiger partial charge in [-0.1, -0.05) is 92.2 Å². The predicted molar refractivity (Wildman–Crippen MR) is 100 cm³/mol. The molecule has 0 saturated heterocycles. The van der Waals surface area contributed by atoms with Gasteiger partial charge >= 0.3 is 0 Å². The second-order valence-electron chi connectivity index (χ2n) is 6.07. The normalized spacial score (nSPS) is 10.5. The molecule has 0 amide bonds. The van der Waals surface area contributed by atoms with E-state index in [1.54, 1.807) is 0 Å². The summed E-state index contributed by atoms with van der Waals surface area (Å²) in [5, 5.41) is 0. The molecule has 0 radical (unpaired) electrons. The summed E-state index contributed by atoms with van der Waals surface area (Å²) in [4.78, 5) is 12.6. The summed E-state index contributed by atoms with van der Waals surface area (Å²) in [6.07, 6.45) is 3.46. The fourth-order valence-corrected chi connectivity index (χ4v) is 2.82. The van der Waals surface area contributed by atoms with Gasteiger partial charge in [0.25, 0.3) is 0 Å². The summed E-state index contributed by atoms with van der Waals surface area (Å²) in [6, 6.07) is 26.1. The third kappa shape index (κ3) is 3.80. The van der Waals surface area contributed by atoms with E-state index in [2.05, 4.69) is 31.2 Å². The molecule has 3 aromatic rings. The smallest absolute Gasteiger partial charge is 0.193 e. The van der Waals surface area contributed by atoms with Crippen LogP contribution in [0.5, 0.6) is 0 Å². The Morgan fingerprint density at radius 2 is 1.25 bits per heavy atom. The van der Waals surface area contributed by atoms with Crippen molar-refractivity contribution in [2.24, 2.45) is 0 Å². The highest BCUT2D eigenvalue weighted by atomic mass is 16.1. The van der Waals surface area contributed by atoms with Crippen LogP contribution >= 0.6 is 0 Å². The van der Waals surface area contributed by atoms with Crippen molar-refractivity contribution in [2.75, 3.05) is 0 Å². The van der Waals surface area contributed by atoms with E-state index in [4.69, 9.17) is 0 Å². The maximum Gasteiger partial charge on any atom is 0.193 e. The minimum atomic E-state index is 0.0802. The fourth-order valence-electron chi connectivity index (χ4n) is 2.82. The van der Waals surface area contributed by atoms with E-state index in [0.717, 1.165) is 28.7 Å². The number of hydrogen-bond donors (Lipinski definition) is 0. The highest BCUT2D eigenvalue weighted by molar-refractivity contribution is 6.09. The molecule has 0 spiro atoms. The summed E-state index contributed by atoms with van der Waals surface area (Å²) >= 11 is 0. The van der Waals surface area contributed by atoms with Crippen molar-refractivity contribution in [2.45, 2.75) is 26.2 Å². The molecule has 0 aromatic heterocycles. The lowest BCUT2D eigenvalue weighted by atomic mass is 9.98. The lowest BCUT2D eigenvalue weighted by Gasteiger charge is -2.06. The molecule has 0 atom stereocenters. The van der Waals surface area contributed by atoms with E-state index < -0.39 is 0 Å². The molecule has 0 unspecified atom stereocenters. The van der Waals surface area contributed by atoms with Gasteiger partial charge in [0, 0.05) is 11.1 Å². The lowest BCUT2D eigenvalue weighted by molar-refractivity contribution is 0.103. The molecule has 3 rings (SSSR count). The summed E-state index contributed by atoms with van der Waals surface area (Å²) in [5.41, 5.74) is 5.07. The first-order valence-electron chi connectivity index (χ1n) is 8.57. The molecule has 0 fully saturated rings. The van der Waals surface area contributed by atoms with Gasteiger partial charge in [-0.25, -0.2) is 0 Å². The Hall–Kier alpha value is -2.67. The predicted octanol–water partition coefficient (Wildman–Crippen LogP) is 5.93. The first-order valence-corrected chi connectivity index (χ1v) is 8.57. The standard InChI is InChI=1S/C23H22O/c1-2-3-7-18-10-12-21(13-11-18)23(24)22-16-14-20(15-17-22)19-8-5-4-6-9-19/h4-6,8-17H,2-3,7H2,1H3. The van der Waals surface area contributed by atoms with Crippen LogP contribution in [0.1, 0.15) is 41.3 Å². The van der Waals surface area contributed by atoms with Crippen LogP contribution in [0, 0.1) is 0 Å². The fraction of sp³-hybridized carbons (Fsp3) is 0.174. The Morgan fingerprint density at radius 1 is 0.708 bits per heavy atom. The van der Waals surface area contributed by atoms with Crippen molar-refractivity contribution in [1.82, 2.24) is 0 Å². The Morgan fingerprint density at radius 3 is 1.83 bits per heavy atom. The third-order valence-electron chi connectivity index (χ3n) is 4.29. The van der Waals surface area contributed by atoms with Gasteiger partial charge in [-0.3, -0.25) is 4.79 Å². The molecule has 0 aliphatic rings. The number of unbranched alkanes of at least 4 members (excludes halogenated alkanes) is 1. The quantitative estimate of drug-likeness (QED) is 0.516. The summed E-state index contributed by atoms with van der Waals surface area (Å²) in [7, 11) is 0. The van der Waals surface area contributed by atoms with Gasteiger partial charge in [0.1, 0.15) is 0 Å². The topological polar surface area (TPSA) is 17.1 Å². The van der Waals surface area contributed by atoms with E-state index in [1.807, 2.05) is 54.6 Å². The number of hydrogen-bond acceptors (Lipinski definition) is 1. The molecule has 120 valence electrons. The molecule has 1 nitrogen and oxygen atoms in total. The number of carbonyl (C=O) groups excluding carboxylic acids is 1. The summed E-state index contributed by atoms with van der Waals surface area (Å²) in [5.74, 6) is 0.0802. The van der Waals surface area contributed by atoms with E-state index in [1.165, 1.54) is 18.4 Å². The van der Waals surface area contributed by atoms with E-state index in [0.29, 0.717) is 0 Å². The second kappa shape index (κ2) is 7.74. The molecule has 24 heavy (non-hydrogen) atoms. The monoisotopic (exact) mass is 314 g/mol. The van der Waals surface area contributed by atoms with Gasteiger partial charge in [-0.05, 0) is 29.5 Å². The van der Waals surface area contributed by atoms with Crippen LogP contribution in [0.3, 0.4) is 0 Å². The number of ketones is 1. The molecule has 0 bridgehead atoms. The van der Waals surface area contributed by atoms with Crippen LogP contribution in [-0.4, -0.2) is 5.78 Å². The lowest BCUT2D eigenvalue weighted by Crippen LogP contribution is -2.01. The summed E-state index contributed by atoms with van der Waals surface area (Å²) < 4.78 is 0. The van der Waals surface area contributed by atoms with Crippen molar-refractivity contribution < 1.29 is 4.79 Å². The van der Waals surface area contributed by atoms with Gasteiger partial charge in [-0.15, -0.1) is 0 Å². The maximum absolute atomic E-state index is 12.6. The number of benzene rings is 3. The highest BCUT2D eigenvalue weighted by Crippen LogP contribution is 2.20. The molecule has 0 N–H and O–H groups in total. The Labute approximate surface area is 144 Å². The molecule has 3 aromatic carbocycles. The minimum Gasteiger partial charge on any atom is -0.289 e. The largest absolute Gasteiger partial charge is 0.289 e. The number of aryl methyl sites for hydroxylation is 1. The molecule has 0 saturated carbocycles. The van der Waals surface area contributed by atoms with Gasteiger partial charge in [0.15, 0.2) is 5.78 Å². The highest BCUT2D eigenvalue weighted by Gasteiger charge is 2.09. The average molecular weight is 314 g/mol. The molecule has 0 heterocycles. The molecule has 0 aliphatic carbocycles. The first kappa shape index (κ1) is 16.2. The van der Waals surface area contributed by atoms with Crippen molar-refractivity contribution in [3.63, 3.8) is 0 Å². The van der Waals surface area contributed by atoms with Crippen LogP contribution in [0.2, 0.25) is 0 Å². The molecular weight excluding hydrogens is 292 g/mol. The van der Waals surface area contributed by atoms with Gasteiger partial charge in [0.05, 0.1) is 0 Å². The van der Waals surface area contributed by atoms with E-state index in [-0.39, 0.29) is 5.78 Å². The number of rotatable bonds is 6. The maximum atomic E-state index is 12.6. The zero-order valence-electron chi connectivity index (χ0n) is 14.0. The third-order valence-corrected chi connectivity index (χ3v) is 4.29. The van der Waals surface area contributed by atoms with Crippen molar-refractivity contribution in [1.29, 1.82) is 0 Å². The van der Waals surface area contributed by atoms with Crippen LogP contribution in [-0.2, 0) is 6.42 Å². The van der Waals surface area contributed by atoms with Crippen molar-refractivity contribution in [3.8, 4) is 11.1 Å². The molecular formula is C23H22O. The van der Waals surface area contributed by atoms with E-state index >= 15 is 0 Å². The minimum absolute atomic E-state index is 0.0802. The van der Waals surface area contributed by atoms with Crippen molar-refractivity contribution >= 4 is 5.78 Å². The van der Waals surface area contributed by atoms with Gasteiger partial charge in [0.2, 0.25) is 0 Å². The van der Waals surface area contributed by atoms with Crippen LogP contribution in [0.4, 0.5) is 0 Å². The second-order valence-corrected chi connectivity index (χ2v) is 6.07. The van der Waals surface area contributed by atoms with Crippen molar-refractivity contribution in [3.05, 3.63) is 95.6 Å². The van der Waals surface area contributed by atoms with E-state index in [9.17, 15) is 4.79 Å².